The smallest absolute Gasteiger partial charge is 0.259 e. The fourth-order valence-electron chi connectivity index (χ4n) is 1.58. The Morgan fingerprint density at radius 3 is 2.74 bits per heavy atom. The van der Waals surface area contributed by atoms with E-state index in [-0.39, 0.29) is 11.3 Å². The number of carbonyl (C=O) groups is 1. The van der Waals surface area contributed by atoms with E-state index in [0.717, 1.165) is 0 Å². The zero-order valence-electron chi connectivity index (χ0n) is 9.85. The Kier molecular flexibility index (Phi) is 3.74. The van der Waals surface area contributed by atoms with Crippen LogP contribution in [0.25, 0.3) is 0 Å². The number of halogens is 1. The van der Waals surface area contributed by atoms with E-state index in [4.69, 9.17) is 18.0 Å². The van der Waals surface area contributed by atoms with Crippen molar-refractivity contribution in [1.29, 1.82) is 0 Å². The highest BCUT2D eigenvalue weighted by Gasteiger charge is 2.11. The number of phenols is 1. The highest BCUT2D eigenvalue weighted by molar-refractivity contribution is 6.30. The molecule has 0 aliphatic carbocycles. The summed E-state index contributed by atoms with van der Waals surface area (Å²) in [6.45, 7) is 0. The van der Waals surface area contributed by atoms with Crippen LogP contribution >= 0.6 is 11.6 Å². The molecule has 0 aliphatic rings. The lowest BCUT2D eigenvalue weighted by Crippen LogP contribution is -2.12. The van der Waals surface area contributed by atoms with Crippen molar-refractivity contribution in [2.75, 3.05) is 5.32 Å². The van der Waals surface area contributed by atoms with Gasteiger partial charge in [-0.15, -0.1) is 6.42 Å². The number of hydrogen-bond donors (Lipinski definition) is 2. The minimum Gasteiger partial charge on any atom is -0.507 e. The van der Waals surface area contributed by atoms with E-state index in [2.05, 4.69) is 11.2 Å². The maximum Gasteiger partial charge on any atom is 0.259 e. The number of rotatable bonds is 2. The van der Waals surface area contributed by atoms with Crippen molar-refractivity contribution in [2.45, 2.75) is 0 Å². The highest BCUT2D eigenvalue weighted by atomic mass is 35.5. The van der Waals surface area contributed by atoms with E-state index >= 15 is 0 Å². The van der Waals surface area contributed by atoms with Crippen molar-refractivity contribution in [1.82, 2.24) is 0 Å². The fraction of sp³-hybridized carbons (Fsp3) is 0. The molecule has 0 aromatic heterocycles. The van der Waals surface area contributed by atoms with E-state index < -0.39 is 5.91 Å². The van der Waals surface area contributed by atoms with E-state index in [0.29, 0.717) is 16.3 Å². The van der Waals surface area contributed by atoms with Gasteiger partial charge in [0.2, 0.25) is 0 Å². The number of hydrogen-bond acceptors (Lipinski definition) is 2. The topological polar surface area (TPSA) is 49.3 Å². The van der Waals surface area contributed by atoms with Crippen LogP contribution in [0.1, 0.15) is 15.9 Å². The van der Waals surface area contributed by atoms with Gasteiger partial charge < -0.3 is 10.4 Å². The molecule has 0 saturated heterocycles. The quantitative estimate of drug-likeness (QED) is 0.824. The summed E-state index contributed by atoms with van der Waals surface area (Å²) in [5.41, 5.74) is 1.38. The molecule has 0 bridgehead atoms. The third-order valence-corrected chi connectivity index (χ3v) is 2.73. The van der Waals surface area contributed by atoms with E-state index in [1.165, 1.54) is 18.2 Å². The molecule has 94 valence electrons. The van der Waals surface area contributed by atoms with Crippen LogP contribution < -0.4 is 5.32 Å². The first-order valence-corrected chi connectivity index (χ1v) is 5.84. The van der Waals surface area contributed by atoms with Crippen molar-refractivity contribution in [3.63, 3.8) is 0 Å². The first-order chi connectivity index (χ1) is 9.10. The van der Waals surface area contributed by atoms with E-state index in [9.17, 15) is 9.90 Å². The molecule has 19 heavy (non-hydrogen) atoms. The van der Waals surface area contributed by atoms with Gasteiger partial charge in [-0.05, 0) is 36.4 Å². The third kappa shape index (κ3) is 3.06. The summed E-state index contributed by atoms with van der Waals surface area (Å²) in [6, 6.07) is 11.2. The second kappa shape index (κ2) is 5.47. The largest absolute Gasteiger partial charge is 0.507 e. The van der Waals surface area contributed by atoms with Crippen LogP contribution in [-0.2, 0) is 0 Å². The molecule has 2 N–H and O–H groups in total. The van der Waals surface area contributed by atoms with Crippen LogP contribution in [0.15, 0.2) is 42.5 Å². The van der Waals surface area contributed by atoms with Gasteiger partial charge in [0.25, 0.3) is 5.91 Å². The standard InChI is InChI=1S/C15H10ClNO2/c1-2-10-4-3-5-12(8-10)17-15(19)13-7-6-11(16)9-14(13)18/h1,3-9,18H,(H,17,19). The van der Waals surface area contributed by atoms with Gasteiger partial charge in [0.05, 0.1) is 5.56 Å². The lowest BCUT2D eigenvalue weighted by Gasteiger charge is -2.07. The predicted molar refractivity (Wildman–Crippen MR) is 75.4 cm³/mol. The van der Waals surface area contributed by atoms with Gasteiger partial charge in [-0.1, -0.05) is 23.6 Å². The number of aromatic hydroxyl groups is 1. The predicted octanol–water partition coefficient (Wildman–Crippen LogP) is 3.28. The maximum atomic E-state index is 12.0. The molecule has 1 amide bonds. The minimum atomic E-state index is -0.427. The van der Waals surface area contributed by atoms with E-state index in [1.807, 2.05) is 0 Å². The van der Waals surface area contributed by atoms with Gasteiger partial charge in [-0.2, -0.15) is 0 Å². The molecule has 0 unspecified atom stereocenters. The normalized spacial score (nSPS) is 9.68. The summed E-state index contributed by atoms with van der Waals surface area (Å²) in [5, 5.41) is 12.7. The summed E-state index contributed by atoms with van der Waals surface area (Å²) in [5.74, 6) is 1.89. The van der Waals surface area contributed by atoms with Gasteiger partial charge >= 0.3 is 0 Å². The number of benzene rings is 2. The molecule has 3 nitrogen and oxygen atoms in total. The molecular formula is C15H10ClNO2. The number of amides is 1. The third-order valence-electron chi connectivity index (χ3n) is 2.49. The Labute approximate surface area is 115 Å². The number of anilines is 1. The second-order valence-electron chi connectivity index (χ2n) is 3.84. The molecule has 2 rings (SSSR count). The summed E-state index contributed by atoms with van der Waals surface area (Å²) in [4.78, 5) is 12.0. The molecule has 0 atom stereocenters. The molecule has 0 heterocycles. The summed E-state index contributed by atoms with van der Waals surface area (Å²) < 4.78 is 0. The average molecular weight is 272 g/mol. The molecular weight excluding hydrogens is 262 g/mol. The van der Waals surface area contributed by atoms with Crippen LogP contribution in [-0.4, -0.2) is 11.0 Å². The first-order valence-electron chi connectivity index (χ1n) is 5.46. The molecule has 0 radical (unpaired) electrons. The average Bonchev–Trinajstić information content (AvgIpc) is 2.38. The highest BCUT2D eigenvalue weighted by Crippen LogP contribution is 2.23. The Balaban J connectivity index is 2.23. The summed E-state index contributed by atoms with van der Waals surface area (Å²) >= 11 is 5.71. The Morgan fingerprint density at radius 1 is 1.26 bits per heavy atom. The van der Waals surface area contributed by atoms with Crippen LogP contribution in [0.5, 0.6) is 5.75 Å². The Morgan fingerprint density at radius 2 is 2.05 bits per heavy atom. The number of nitrogens with one attached hydrogen (secondary N) is 1. The van der Waals surface area contributed by atoms with Crippen LogP contribution in [0.3, 0.4) is 0 Å². The van der Waals surface area contributed by atoms with E-state index in [1.54, 1.807) is 24.3 Å². The van der Waals surface area contributed by atoms with Crippen molar-refractivity contribution < 1.29 is 9.90 Å². The first kappa shape index (κ1) is 13.0. The lowest BCUT2D eigenvalue weighted by molar-refractivity contribution is 0.102. The number of terminal acetylenes is 1. The van der Waals surface area contributed by atoms with Gasteiger partial charge in [-0.25, -0.2) is 0 Å². The zero-order valence-corrected chi connectivity index (χ0v) is 10.6. The molecule has 0 spiro atoms. The molecule has 4 heteroatoms. The maximum absolute atomic E-state index is 12.0. The molecule has 2 aromatic rings. The Bertz CT molecular complexity index is 674. The molecule has 0 saturated carbocycles. The zero-order chi connectivity index (χ0) is 13.8. The second-order valence-corrected chi connectivity index (χ2v) is 4.28. The van der Waals surface area contributed by atoms with Crippen molar-refractivity contribution in [2.24, 2.45) is 0 Å². The number of phenolic OH excluding ortho intramolecular Hbond substituents is 1. The summed E-state index contributed by atoms with van der Waals surface area (Å²) in [7, 11) is 0. The van der Waals surface area contributed by atoms with Crippen molar-refractivity contribution >= 4 is 23.2 Å². The lowest BCUT2D eigenvalue weighted by atomic mass is 10.1. The van der Waals surface area contributed by atoms with Gasteiger partial charge in [0.15, 0.2) is 0 Å². The fourth-order valence-corrected chi connectivity index (χ4v) is 1.75. The Hall–Kier alpha value is -2.44. The van der Waals surface area contributed by atoms with Crippen LogP contribution in [0, 0.1) is 12.3 Å². The van der Waals surface area contributed by atoms with Gasteiger partial charge in [0.1, 0.15) is 5.75 Å². The molecule has 0 fully saturated rings. The SMILES string of the molecule is C#Cc1cccc(NC(=O)c2ccc(Cl)cc2O)c1. The van der Waals surface area contributed by atoms with Crippen LogP contribution in [0.2, 0.25) is 5.02 Å². The monoisotopic (exact) mass is 271 g/mol. The minimum absolute atomic E-state index is 0.149. The summed E-state index contributed by atoms with van der Waals surface area (Å²) in [6.07, 6.45) is 5.28. The van der Waals surface area contributed by atoms with Crippen molar-refractivity contribution in [3.05, 3.63) is 58.6 Å². The molecule has 0 aliphatic heterocycles. The van der Waals surface area contributed by atoms with Gasteiger partial charge in [-0.3, -0.25) is 4.79 Å². The van der Waals surface area contributed by atoms with Gasteiger partial charge in [0, 0.05) is 16.3 Å². The van der Waals surface area contributed by atoms with Crippen molar-refractivity contribution in [3.8, 4) is 18.1 Å². The number of carbonyl (C=O) groups excluding carboxylic acids is 1. The van der Waals surface area contributed by atoms with Crippen LogP contribution in [0.4, 0.5) is 5.69 Å². The molecule has 2 aromatic carbocycles.